The van der Waals surface area contributed by atoms with E-state index < -0.39 is 13.5 Å². The number of para-hydroxylation sites is 1. The number of nitrogens with two attached hydrogens (primary N) is 2. The molecule has 7 nitrogen and oxygen atoms in total. The van der Waals surface area contributed by atoms with Crippen molar-refractivity contribution in [3.8, 4) is 0 Å². The molecule has 0 fully saturated rings. The Labute approximate surface area is 96.7 Å². The van der Waals surface area contributed by atoms with E-state index in [0.717, 1.165) is 5.39 Å². The van der Waals surface area contributed by atoms with Crippen molar-refractivity contribution in [1.82, 2.24) is 10.2 Å². The molecule has 1 amide bonds. The lowest BCUT2D eigenvalue weighted by Crippen LogP contribution is -2.29. The Morgan fingerprint density at radius 2 is 2.12 bits per heavy atom. The minimum Gasteiger partial charge on any atom is -0.356 e. The van der Waals surface area contributed by atoms with Crippen LogP contribution in [0, 0.1) is 0 Å². The molecule has 0 aliphatic carbocycles. The van der Waals surface area contributed by atoms with E-state index >= 15 is 0 Å². The van der Waals surface area contributed by atoms with Crippen LogP contribution >= 0.6 is 7.59 Å². The Balaban J connectivity index is 2.19. The number of nitrogens with one attached hydrogen (secondary N) is 1. The molecule has 1 aromatic carbocycles. The number of carbonyl (C=O) groups excluding carboxylic acids is 1. The molecule has 0 radical (unpaired) electrons. The lowest BCUT2D eigenvalue weighted by Gasteiger charge is -2.07. The summed E-state index contributed by atoms with van der Waals surface area (Å²) >= 11 is 0. The lowest BCUT2D eigenvalue weighted by molar-refractivity contribution is -0.118. The molecular weight excluding hydrogens is 243 g/mol. The summed E-state index contributed by atoms with van der Waals surface area (Å²) < 4.78 is 16.0. The van der Waals surface area contributed by atoms with E-state index in [2.05, 4.69) is 5.16 Å². The highest BCUT2D eigenvalue weighted by Gasteiger charge is 2.16. The first-order valence-corrected chi connectivity index (χ1v) is 6.62. The maximum atomic E-state index is 11.4. The fourth-order valence-electron chi connectivity index (χ4n) is 1.45. The highest BCUT2D eigenvalue weighted by molar-refractivity contribution is 7.57. The topological polar surface area (TPSA) is 124 Å². The largest absolute Gasteiger partial charge is 0.356 e. The van der Waals surface area contributed by atoms with Crippen molar-refractivity contribution in [1.29, 1.82) is 0 Å². The molecule has 1 heterocycles. The van der Waals surface area contributed by atoms with Crippen molar-refractivity contribution in [3.05, 3.63) is 30.0 Å². The molecular formula is C9H11N4O3P. The molecule has 0 saturated heterocycles. The molecule has 0 aliphatic rings. The normalized spacial score (nSPS) is 11.6. The van der Waals surface area contributed by atoms with Crippen LogP contribution in [0.25, 0.3) is 11.0 Å². The number of aromatic nitrogens is 1. The number of rotatable bonds is 3. The highest BCUT2D eigenvalue weighted by Crippen LogP contribution is 2.20. The summed E-state index contributed by atoms with van der Waals surface area (Å²) in [6.07, 6.45) is -0.0879. The van der Waals surface area contributed by atoms with E-state index in [4.69, 9.17) is 15.5 Å². The zero-order valence-electron chi connectivity index (χ0n) is 8.79. The second-order valence-corrected chi connectivity index (χ2v) is 5.19. The first-order chi connectivity index (χ1) is 7.96. The van der Waals surface area contributed by atoms with Crippen LogP contribution in [0.3, 0.4) is 0 Å². The Bertz CT molecular complexity index is 603. The van der Waals surface area contributed by atoms with Crippen molar-refractivity contribution in [3.63, 3.8) is 0 Å². The summed E-state index contributed by atoms with van der Waals surface area (Å²) in [6.45, 7) is 0. The highest BCUT2D eigenvalue weighted by atomic mass is 31.2. The second kappa shape index (κ2) is 4.29. The minimum atomic E-state index is -3.56. The SMILES string of the molecule is NP(N)(=O)NC(=O)Cc1noc2ccccc12. The van der Waals surface area contributed by atoms with Gasteiger partial charge in [-0.3, -0.25) is 25.5 Å². The molecule has 0 atom stereocenters. The van der Waals surface area contributed by atoms with Gasteiger partial charge in [0.2, 0.25) is 5.91 Å². The van der Waals surface area contributed by atoms with Gasteiger partial charge in [-0.15, -0.1) is 0 Å². The molecule has 0 bridgehead atoms. The Kier molecular flexibility index (Phi) is 2.97. The third kappa shape index (κ3) is 2.91. The van der Waals surface area contributed by atoms with Gasteiger partial charge >= 0.3 is 0 Å². The van der Waals surface area contributed by atoms with E-state index in [-0.39, 0.29) is 6.42 Å². The summed E-state index contributed by atoms with van der Waals surface area (Å²) in [5, 5.41) is 6.50. The van der Waals surface area contributed by atoms with Gasteiger partial charge in [-0.1, -0.05) is 17.3 Å². The molecule has 5 N–H and O–H groups in total. The summed E-state index contributed by atoms with van der Waals surface area (Å²) in [5.74, 6) is -0.558. The maximum Gasteiger partial charge on any atom is 0.300 e. The van der Waals surface area contributed by atoms with Gasteiger partial charge < -0.3 is 4.52 Å². The Morgan fingerprint density at radius 3 is 2.82 bits per heavy atom. The van der Waals surface area contributed by atoms with Crippen molar-refractivity contribution in [2.45, 2.75) is 6.42 Å². The predicted molar refractivity (Wildman–Crippen MR) is 61.8 cm³/mol. The van der Waals surface area contributed by atoms with Crippen LogP contribution < -0.4 is 16.1 Å². The molecule has 0 aliphatic heterocycles. The van der Waals surface area contributed by atoms with Crippen molar-refractivity contribution >= 4 is 24.5 Å². The van der Waals surface area contributed by atoms with Gasteiger partial charge in [0.05, 0.1) is 6.42 Å². The molecule has 2 aromatic rings. The smallest absolute Gasteiger partial charge is 0.300 e. The summed E-state index contributed by atoms with van der Waals surface area (Å²) in [6, 6.07) is 7.11. The molecule has 0 unspecified atom stereocenters. The lowest BCUT2D eigenvalue weighted by atomic mass is 10.2. The third-order valence-electron chi connectivity index (χ3n) is 2.08. The first-order valence-electron chi connectivity index (χ1n) is 4.77. The fourth-order valence-corrected chi connectivity index (χ4v) is 1.92. The number of carbonyl (C=O) groups is 1. The van der Waals surface area contributed by atoms with E-state index in [0.29, 0.717) is 11.3 Å². The quantitative estimate of drug-likeness (QED) is 0.685. The zero-order valence-corrected chi connectivity index (χ0v) is 9.68. The molecule has 0 spiro atoms. The zero-order chi connectivity index (χ0) is 12.5. The molecule has 17 heavy (non-hydrogen) atoms. The Morgan fingerprint density at radius 1 is 1.41 bits per heavy atom. The number of amides is 1. The van der Waals surface area contributed by atoms with E-state index in [1.165, 1.54) is 0 Å². The number of benzene rings is 1. The van der Waals surface area contributed by atoms with Gasteiger partial charge in [-0.05, 0) is 12.1 Å². The van der Waals surface area contributed by atoms with Gasteiger partial charge in [-0.25, -0.2) is 0 Å². The summed E-state index contributed by atoms with van der Waals surface area (Å²) in [4.78, 5) is 11.4. The van der Waals surface area contributed by atoms with Crippen molar-refractivity contribution in [2.75, 3.05) is 0 Å². The van der Waals surface area contributed by atoms with Crippen molar-refractivity contribution in [2.24, 2.45) is 11.0 Å². The Hall–Kier alpha value is -1.69. The van der Waals surface area contributed by atoms with Crippen LogP contribution in [0.15, 0.2) is 28.8 Å². The minimum absolute atomic E-state index is 0.0879. The van der Waals surface area contributed by atoms with Crippen molar-refractivity contribution < 1.29 is 13.9 Å². The number of fused-ring (bicyclic) bond motifs is 1. The van der Waals surface area contributed by atoms with Crippen LogP contribution in [-0.4, -0.2) is 11.1 Å². The van der Waals surface area contributed by atoms with Crippen LogP contribution in [0.5, 0.6) is 0 Å². The van der Waals surface area contributed by atoms with E-state index in [1.54, 1.807) is 24.3 Å². The number of hydrogen-bond donors (Lipinski definition) is 3. The third-order valence-corrected chi connectivity index (χ3v) is 2.68. The van der Waals surface area contributed by atoms with Crippen LogP contribution in [0.1, 0.15) is 5.69 Å². The average Bonchev–Trinajstić information content (AvgIpc) is 2.59. The van der Waals surface area contributed by atoms with Gasteiger partial charge in [0.25, 0.3) is 7.59 Å². The maximum absolute atomic E-state index is 11.4. The average molecular weight is 254 g/mol. The van der Waals surface area contributed by atoms with Crippen LogP contribution in [0.2, 0.25) is 0 Å². The van der Waals surface area contributed by atoms with Gasteiger partial charge in [0.1, 0.15) is 5.69 Å². The standard InChI is InChI=1S/C9H11N4O3P/c10-17(11,15)13-9(14)5-7-6-3-1-2-4-8(6)16-12-7/h1-4H,5H2,(H5,10,11,13,14,15). The second-order valence-electron chi connectivity index (χ2n) is 3.55. The predicted octanol–water partition coefficient (Wildman–Crippen LogP) is 0.512. The molecule has 2 rings (SSSR count). The van der Waals surface area contributed by atoms with Gasteiger partial charge in [-0.2, -0.15) is 0 Å². The van der Waals surface area contributed by atoms with Crippen LogP contribution in [-0.2, 0) is 15.8 Å². The number of nitrogens with zero attached hydrogens (tertiary/aromatic N) is 1. The summed E-state index contributed by atoms with van der Waals surface area (Å²) in [5.41, 5.74) is 11.1. The fraction of sp³-hybridized carbons (Fsp3) is 0.111. The molecule has 90 valence electrons. The number of hydrogen-bond acceptors (Lipinski definition) is 4. The van der Waals surface area contributed by atoms with Gasteiger partial charge in [0, 0.05) is 5.39 Å². The molecule has 1 aromatic heterocycles. The summed E-state index contributed by atoms with van der Waals surface area (Å²) in [7, 11) is -3.56. The van der Waals surface area contributed by atoms with Gasteiger partial charge in [0.15, 0.2) is 5.58 Å². The van der Waals surface area contributed by atoms with E-state index in [9.17, 15) is 9.36 Å². The molecule has 8 heteroatoms. The van der Waals surface area contributed by atoms with Crippen LogP contribution in [0.4, 0.5) is 0 Å². The molecule has 0 saturated carbocycles. The monoisotopic (exact) mass is 254 g/mol. The van der Waals surface area contributed by atoms with E-state index in [1.807, 2.05) is 5.09 Å². The first kappa shape index (κ1) is 11.8.